The summed E-state index contributed by atoms with van der Waals surface area (Å²) in [6, 6.07) is 4.39. The number of rotatable bonds is 4. The Balaban J connectivity index is 1.78. The molecule has 0 saturated heterocycles. The number of aryl methyl sites for hydroxylation is 1. The second-order valence-corrected chi connectivity index (χ2v) is 6.25. The number of hydrogen-bond donors (Lipinski definition) is 2. The summed E-state index contributed by atoms with van der Waals surface area (Å²) in [5, 5.41) is 13.9. The number of aromatic hydroxyl groups is 1. The molecule has 0 bridgehead atoms. The Morgan fingerprint density at radius 3 is 2.95 bits per heavy atom. The van der Waals surface area contributed by atoms with Gasteiger partial charge in [-0.15, -0.1) is 0 Å². The number of hydrogen-bond acceptors (Lipinski definition) is 3. The van der Waals surface area contributed by atoms with Crippen molar-refractivity contribution >= 4 is 0 Å². The number of nitrogens with zero attached hydrogens (tertiary/aromatic N) is 2. The first-order valence-electron chi connectivity index (χ1n) is 7.60. The molecule has 4 nitrogen and oxygen atoms in total. The number of phenolic OH excluding ortho intramolecular Hbond substituents is 1. The SMILES string of the molecule is Cc1ccc(O)c2c1C(C)CC2NC(C)Cn1ccnc1. The van der Waals surface area contributed by atoms with Crippen LogP contribution >= 0.6 is 0 Å². The first-order valence-corrected chi connectivity index (χ1v) is 7.60. The lowest BCUT2D eigenvalue weighted by atomic mass is 9.97. The lowest BCUT2D eigenvalue weighted by Crippen LogP contribution is -2.32. The summed E-state index contributed by atoms with van der Waals surface area (Å²) in [5.74, 6) is 0.914. The standard InChI is InChI=1S/C17H23N3O/c1-11-4-5-15(21)17-14(8-12(2)16(11)17)19-13(3)9-20-7-6-18-10-20/h4-7,10,12-14,19,21H,8-9H2,1-3H3. The number of phenols is 1. The minimum absolute atomic E-state index is 0.230. The van der Waals surface area contributed by atoms with Gasteiger partial charge in [0.1, 0.15) is 5.75 Å². The van der Waals surface area contributed by atoms with Crippen LogP contribution in [0.15, 0.2) is 30.9 Å². The van der Waals surface area contributed by atoms with Crippen molar-refractivity contribution in [1.82, 2.24) is 14.9 Å². The molecule has 3 atom stereocenters. The molecular weight excluding hydrogens is 262 g/mol. The van der Waals surface area contributed by atoms with Crippen molar-refractivity contribution in [3.05, 3.63) is 47.5 Å². The van der Waals surface area contributed by atoms with Crippen molar-refractivity contribution in [2.75, 3.05) is 0 Å². The molecule has 1 aliphatic rings. The van der Waals surface area contributed by atoms with Crippen molar-refractivity contribution in [2.24, 2.45) is 0 Å². The molecule has 0 radical (unpaired) electrons. The lowest BCUT2D eigenvalue weighted by Gasteiger charge is -2.21. The number of imidazole rings is 1. The fraction of sp³-hybridized carbons (Fsp3) is 0.471. The number of nitrogens with one attached hydrogen (secondary N) is 1. The first-order chi connectivity index (χ1) is 10.1. The number of benzene rings is 1. The van der Waals surface area contributed by atoms with Crippen molar-refractivity contribution in [2.45, 2.75) is 51.7 Å². The highest BCUT2D eigenvalue weighted by Gasteiger charge is 2.32. The highest BCUT2D eigenvalue weighted by Crippen LogP contribution is 2.46. The minimum atomic E-state index is 0.230. The van der Waals surface area contributed by atoms with Gasteiger partial charge in [-0.2, -0.15) is 0 Å². The van der Waals surface area contributed by atoms with Crippen LogP contribution in [-0.2, 0) is 6.54 Å². The Morgan fingerprint density at radius 2 is 2.24 bits per heavy atom. The maximum absolute atomic E-state index is 10.3. The monoisotopic (exact) mass is 285 g/mol. The van der Waals surface area contributed by atoms with Crippen molar-refractivity contribution in [1.29, 1.82) is 0 Å². The predicted octanol–water partition coefficient (Wildman–Crippen LogP) is 3.12. The van der Waals surface area contributed by atoms with E-state index >= 15 is 0 Å². The van der Waals surface area contributed by atoms with E-state index in [9.17, 15) is 5.11 Å². The van der Waals surface area contributed by atoms with Crippen LogP contribution in [0.25, 0.3) is 0 Å². The molecule has 0 amide bonds. The van der Waals surface area contributed by atoms with Gasteiger partial charge in [-0.3, -0.25) is 0 Å². The van der Waals surface area contributed by atoms with Gasteiger partial charge in [0.15, 0.2) is 0 Å². The number of aromatic nitrogens is 2. The van der Waals surface area contributed by atoms with Gasteiger partial charge in [-0.25, -0.2) is 4.98 Å². The minimum Gasteiger partial charge on any atom is -0.508 e. The van der Waals surface area contributed by atoms with E-state index in [0.717, 1.165) is 18.5 Å². The molecule has 1 aliphatic carbocycles. The Kier molecular flexibility index (Phi) is 3.72. The van der Waals surface area contributed by atoms with Crippen molar-refractivity contribution < 1.29 is 5.11 Å². The van der Waals surface area contributed by atoms with E-state index < -0.39 is 0 Å². The number of fused-ring (bicyclic) bond motifs is 1. The molecule has 21 heavy (non-hydrogen) atoms. The average molecular weight is 285 g/mol. The maximum atomic E-state index is 10.3. The normalized spacial score (nSPS) is 22.2. The summed E-state index contributed by atoms with van der Waals surface area (Å²) in [6.45, 7) is 7.43. The molecule has 0 aliphatic heterocycles. The Morgan fingerprint density at radius 1 is 1.43 bits per heavy atom. The van der Waals surface area contributed by atoms with Crippen molar-refractivity contribution in [3.63, 3.8) is 0 Å². The van der Waals surface area contributed by atoms with E-state index in [2.05, 4.69) is 35.6 Å². The third-order valence-electron chi connectivity index (χ3n) is 4.44. The highest BCUT2D eigenvalue weighted by atomic mass is 16.3. The third-order valence-corrected chi connectivity index (χ3v) is 4.44. The third kappa shape index (κ3) is 2.68. The zero-order chi connectivity index (χ0) is 15.0. The fourth-order valence-corrected chi connectivity index (χ4v) is 3.60. The quantitative estimate of drug-likeness (QED) is 0.907. The van der Waals surface area contributed by atoms with Gasteiger partial charge in [-0.1, -0.05) is 13.0 Å². The molecule has 1 aromatic heterocycles. The second kappa shape index (κ2) is 5.53. The molecule has 0 spiro atoms. The molecule has 2 N–H and O–H groups in total. The largest absolute Gasteiger partial charge is 0.508 e. The van der Waals surface area contributed by atoms with Gasteiger partial charge in [0.25, 0.3) is 0 Å². The van der Waals surface area contributed by atoms with E-state index in [4.69, 9.17) is 0 Å². The molecule has 3 unspecified atom stereocenters. The summed E-state index contributed by atoms with van der Waals surface area (Å²) >= 11 is 0. The molecule has 1 heterocycles. The zero-order valence-corrected chi connectivity index (χ0v) is 12.9. The summed E-state index contributed by atoms with van der Waals surface area (Å²) in [6.07, 6.45) is 6.66. The Labute approximate surface area is 125 Å². The van der Waals surface area contributed by atoms with Crippen LogP contribution in [-0.4, -0.2) is 20.7 Å². The Bertz CT molecular complexity index is 621. The molecular formula is C17H23N3O. The second-order valence-electron chi connectivity index (χ2n) is 6.25. The van der Waals surface area contributed by atoms with Crippen LogP contribution in [0, 0.1) is 6.92 Å². The zero-order valence-electron chi connectivity index (χ0n) is 12.9. The summed E-state index contributed by atoms with van der Waals surface area (Å²) in [4.78, 5) is 4.08. The Hall–Kier alpha value is -1.81. The van der Waals surface area contributed by atoms with Crippen LogP contribution < -0.4 is 5.32 Å². The highest BCUT2D eigenvalue weighted by molar-refractivity contribution is 5.50. The van der Waals surface area contributed by atoms with Gasteiger partial charge in [0.05, 0.1) is 6.33 Å². The van der Waals surface area contributed by atoms with Crippen LogP contribution in [0.1, 0.15) is 48.9 Å². The van der Waals surface area contributed by atoms with Gasteiger partial charge >= 0.3 is 0 Å². The van der Waals surface area contributed by atoms with E-state index in [1.165, 1.54) is 11.1 Å². The lowest BCUT2D eigenvalue weighted by molar-refractivity contribution is 0.391. The first kappa shape index (κ1) is 14.1. The van der Waals surface area contributed by atoms with E-state index in [-0.39, 0.29) is 6.04 Å². The predicted molar refractivity (Wildman–Crippen MR) is 83.4 cm³/mol. The fourth-order valence-electron chi connectivity index (χ4n) is 3.60. The van der Waals surface area contributed by atoms with Crippen molar-refractivity contribution in [3.8, 4) is 5.75 Å². The van der Waals surface area contributed by atoms with E-state index in [0.29, 0.717) is 17.7 Å². The summed E-state index contributed by atoms with van der Waals surface area (Å²) < 4.78 is 2.08. The van der Waals surface area contributed by atoms with Gasteiger partial charge < -0.3 is 15.0 Å². The topological polar surface area (TPSA) is 50.1 Å². The van der Waals surface area contributed by atoms with Gasteiger partial charge in [0.2, 0.25) is 0 Å². The van der Waals surface area contributed by atoms with E-state index in [1.807, 2.05) is 24.7 Å². The molecule has 2 aromatic rings. The summed E-state index contributed by atoms with van der Waals surface area (Å²) in [5.41, 5.74) is 3.70. The smallest absolute Gasteiger partial charge is 0.120 e. The van der Waals surface area contributed by atoms with Crippen LogP contribution in [0.4, 0.5) is 0 Å². The molecule has 0 fully saturated rings. The van der Waals surface area contributed by atoms with Crippen LogP contribution in [0.3, 0.4) is 0 Å². The molecule has 3 rings (SSSR count). The van der Waals surface area contributed by atoms with E-state index in [1.54, 1.807) is 6.20 Å². The molecule has 4 heteroatoms. The molecule has 1 aromatic carbocycles. The average Bonchev–Trinajstić information content (AvgIpc) is 3.03. The van der Waals surface area contributed by atoms with Crippen LogP contribution in [0.2, 0.25) is 0 Å². The summed E-state index contributed by atoms with van der Waals surface area (Å²) in [7, 11) is 0. The van der Waals surface area contributed by atoms with Gasteiger partial charge in [0, 0.05) is 36.6 Å². The van der Waals surface area contributed by atoms with Crippen LogP contribution in [0.5, 0.6) is 5.75 Å². The maximum Gasteiger partial charge on any atom is 0.120 e. The molecule has 0 saturated carbocycles. The molecule has 112 valence electrons. The van der Waals surface area contributed by atoms with Gasteiger partial charge in [-0.05, 0) is 43.4 Å².